The van der Waals surface area contributed by atoms with Crippen LogP contribution in [0.1, 0.15) is 36.8 Å². The van der Waals surface area contributed by atoms with E-state index in [9.17, 15) is 14.4 Å². The fourth-order valence-corrected chi connectivity index (χ4v) is 2.06. The van der Waals surface area contributed by atoms with Crippen molar-refractivity contribution in [2.75, 3.05) is 5.32 Å². The first-order valence-electron chi connectivity index (χ1n) is 5.91. The second-order valence-corrected chi connectivity index (χ2v) is 4.39. The number of furan rings is 1. The highest BCUT2D eigenvalue weighted by molar-refractivity contribution is 6.22. The van der Waals surface area contributed by atoms with Gasteiger partial charge in [-0.3, -0.25) is 19.7 Å². The van der Waals surface area contributed by atoms with Gasteiger partial charge in [0.2, 0.25) is 0 Å². The van der Waals surface area contributed by atoms with Gasteiger partial charge in [0.25, 0.3) is 17.7 Å². The molecule has 6 nitrogen and oxygen atoms in total. The number of benzene rings is 1. The number of carbonyl (C=O) groups is 3. The molecule has 6 heteroatoms. The molecule has 1 aromatic carbocycles. The summed E-state index contributed by atoms with van der Waals surface area (Å²) >= 11 is 0. The van der Waals surface area contributed by atoms with Crippen LogP contribution in [0.3, 0.4) is 0 Å². The van der Waals surface area contributed by atoms with E-state index in [1.54, 1.807) is 19.1 Å². The zero-order valence-electron chi connectivity index (χ0n) is 10.5. The van der Waals surface area contributed by atoms with Crippen molar-refractivity contribution in [2.24, 2.45) is 0 Å². The Kier molecular flexibility index (Phi) is 2.64. The van der Waals surface area contributed by atoms with E-state index in [0.29, 0.717) is 22.6 Å². The maximum atomic E-state index is 12.0. The summed E-state index contributed by atoms with van der Waals surface area (Å²) in [4.78, 5) is 34.9. The number of hydrogen-bond donors (Lipinski definition) is 2. The number of carbonyl (C=O) groups excluding carboxylic acids is 3. The predicted octanol–water partition coefficient (Wildman–Crippen LogP) is 1.72. The molecule has 1 aliphatic heterocycles. The van der Waals surface area contributed by atoms with Crippen molar-refractivity contribution in [3.05, 3.63) is 53.0 Å². The first-order chi connectivity index (χ1) is 9.56. The van der Waals surface area contributed by atoms with Crippen LogP contribution in [0.4, 0.5) is 5.69 Å². The number of nitrogens with one attached hydrogen (secondary N) is 2. The average Bonchev–Trinajstić information content (AvgIpc) is 2.95. The van der Waals surface area contributed by atoms with Gasteiger partial charge in [0, 0.05) is 5.69 Å². The number of rotatable bonds is 2. The molecule has 0 radical (unpaired) electrons. The molecule has 2 aromatic rings. The van der Waals surface area contributed by atoms with E-state index in [-0.39, 0.29) is 11.5 Å². The van der Waals surface area contributed by atoms with E-state index in [4.69, 9.17) is 4.42 Å². The van der Waals surface area contributed by atoms with Crippen molar-refractivity contribution in [2.45, 2.75) is 6.92 Å². The monoisotopic (exact) mass is 270 g/mol. The van der Waals surface area contributed by atoms with Crippen LogP contribution in [0.25, 0.3) is 0 Å². The van der Waals surface area contributed by atoms with Gasteiger partial charge in [-0.15, -0.1) is 0 Å². The van der Waals surface area contributed by atoms with Gasteiger partial charge in [-0.1, -0.05) is 0 Å². The fourth-order valence-electron chi connectivity index (χ4n) is 2.06. The molecule has 0 spiro atoms. The molecule has 0 saturated heterocycles. The molecule has 1 aromatic heterocycles. The number of fused-ring (bicyclic) bond motifs is 1. The summed E-state index contributed by atoms with van der Waals surface area (Å²) in [5.74, 6) is -0.702. The van der Waals surface area contributed by atoms with Crippen LogP contribution in [-0.2, 0) is 0 Å². The van der Waals surface area contributed by atoms with Gasteiger partial charge in [0.1, 0.15) is 5.76 Å². The molecule has 100 valence electrons. The Morgan fingerprint density at radius 3 is 2.60 bits per heavy atom. The summed E-state index contributed by atoms with van der Waals surface area (Å²) in [5.41, 5.74) is 1.44. The molecular formula is C14H10N2O4. The van der Waals surface area contributed by atoms with Crippen LogP contribution in [0.15, 0.2) is 34.9 Å². The van der Waals surface area contributed by atoms with Crippen molar-refractivity contribution in [3.63, 3.8) is 0 Å². The van der Waals surface area contributed by atoms with Crippen molar-refractivity contribution in [3.8, 4) is 0 Å². The summed E-state index contributed by atoms with van der Waals surface area (Å²) in [6, 6.07) is 6.12. The molecule has 1 aliphatic rings. The second kappa shape index (κ2) is 4.34. The zero-order valence-corrected chi connectivity index (χ0v) is 10.5. The second-order valence-electron chi connectivity index (χ2n) is 4.39. The lowest BCUT2D eigenvalue weighted by Gasteiger charge is -2.05. The lowest BCUT2D eigenvalue weighted by atomic mass is 10.1. The third kappa shape index (κ3) is 1.87. The molecule has 0 unspecified atom stereocenters. The Balaban J connectivity index is 1.88. The summed E-state index contributed by atoms with van der Waals surface area (Å²) in [7, 11) is 0. The molecule has 3 amide bonds. The van der Waals surface area contributed by atoms with Gasteiger partial charge in [-0.2, -0.15) is 0 Å². The minimum Gasteiger partial charge on any atom is -0.469 e. The Morgan fingerprint density at radius 2 is 1.90 bits per heavy atom. The molecule has 20 heavy (non-hydrogen) atoms. The van der Waals surface area contributed by atoms with Crippen molar-refractivity contribution < 1.29 is 18.8 Å². The first-order valence-corrected chi connectivity index (χ1v) is 5.91. The lowest BCUT2D eigenvalue weighted by molar-refractivity contribution is 0.0878. The molecule has 3 rings (SSSR count). The highest BCUT2D eigenvalue weighted by Crippen LogP contribution is 2.21. The normalized spacial score (nSPS) is 13.1. The number of aryl methyl sites for hydroxylation is 1. The predicted molar refractivity (Wildman–Crippen MR) is 69.6 cm³/mol. The Morgan fingerprint density at radius 1 is 1.15 bits per heavy atom. The smallest absolute Gasteiger partial charge is 0.259 e. The van der Waals surface area contributed by atoms with Crippen LogP contribution >= 0.6 is 0 Å². The Labute approximate surface area is 113 Å². The van der Waals surface area contributed by atoms with Gasteiger partial charge in [-0.05, 0) is 31.2 Å². The number of amides is 3. The molecule has 0 fully saturated rings. The van der Waals surface area contributed by atoms with Crippen LogP contribution in [-0.4, -0.2) is 17.7 Å². The summed E-state index contributed by atoms with van der Waals surface area (Å²) in [6.45, 7) is 1.68. The molecule has 0 aliphatic carbocycles. The molecule has 0 saturated carbocycles. The van der Waals surface area contributed by atoms with E-state index in [2.05, 4.69) is 10.6 Å². The quantitative estimate of drug-likeness (QED) is 0.813. The number of anilines is 1. The standard InChI is InChI=1S/C14H10N2O4/c1-7-9(4-5-20-7)12(17)15-8-2-3-10-11(6-8)14(19)16-13(10)18/h2-6H,1H3,(H,15,17)(H,16,18,19). The maximum Gasteiger partial charge on any atom is 0.259 e. The van der Waals surface area contributed by atoms with Gasteiger partial charge < -0.3 is 9.73 Å². The summed E-state index contributed by atoms with van der Waals surface area (Å²) in [6.07, 6.45) is 1.43. The van der Waals surface area contributed by atoms with Gasteiger partial charge in [0.15, 0.2) is 0 Å². The molecule has 0 bridgehead atoms. The largest absolute Gasteiger partial charge is 0.469 e. The SMILES string of the molecule is Cc1occc1C(=O)Nc1ccc2c(c1)C(=O)NC2=O. The Bertz CT molecular complexity index is 745. The molecular weight excluding hydrogens is 260 g/mol. The van der Waals surface area contributed by atoms with E-state index in [1.165, 1.54) is 18.4 Å². The van der Waals surface area contributed by atoms with Crippen molar-refractivity contribution in [1.82, 2.24) is 5.32 Å². The maximum absolute atomic E-state index is 12.0. The number of hydrogen-bond acceptors (Lipinski definition) is 4. The van der Waals surface area contributed by atoms with E-state index in [0.717, 1.165) is 0 Å². The van der Waals surface area contributed by atoms with Crippen molar-refractivity contribution >= 4 is 23.4 Å². The lowest BCUT2D eigenvalue weighted by Crippen LogP contribution is -2.19. The minimum atomic E-state index is -0.458. The minimum absolute atomic E-state index is 0.261. The molecule has 2 heterocycles. The molecule has 2 N–H and O–H groups in total. The topological polar surface area (TPSA) is 88.4 Å². The summed E-state index contributed by atoms with van der Waals surface area (Å²) < 4.78 is 5.06. The fraction of sp³-hybridized carbons (Fsp3) is 0.0714. The van der Waals surface area contributed by atoms with Gasteiger partial charge >= 0.3 is 0 Å². The third-order valence-corrected chi connectivity index (χ3v) is 3.10. The van der Waals surface area contributed by atoms with Crippen LogP contribution in [0, 0.1) is 6.92 Å². The van der Waals surface area contributed by atoms with Gasteiger partial charge in [-0.25, -0.2) is 0 Å². The Hall–Kier alpha value is -2.89. The van der Waals surface area contributed by atoms with Crippen LogP contribution < -0.4 is 10.6 Å². The van der Waals surface area contributed by atoms with Crippen LogP contribution in [0.5, 0.6) is 0 Å². The van der Waals surface area contributed by atoms with E-state index in [1.807, 2.05) is 0 Å². The molecule has 0 atom stereocenters. The van der Waals surface area contributed by atoms with E-state index >= 15 is 0 Å². The first kappa shape index (κ1) is 12.2. The average molecular weight is 270 g/mol. The van der Waals surface area contributed by atoms with Gasteiger partial charge in [0.05, 0.1) is 23.0 Å². The summed E-state index contributed by atoms with van der Waals surface area (Å²) in [5, 5.41) is 4.85. The zero-order chi connectivity index (χ0) is 14.3. The highest BCUT2D eigenvalue weighted by Gasteiger charge is 2.26. The third-order valence-electron chi connectivity index (χ3n) is 3.10. The van der Waals surface area contributed by atoms with Crippen LogP contribution in [0.2, 0.25) is 0 Å². The van der Waals surface area contributed by atoms with Crippen molar-refractivity contribution in [1.29, 1.82) is 0 Å². The van der Waals surface area contributed by atoms with E-state index < -0.39 is 11.8 Å². The highest BCUT2D eigenvalue weighted by atomic mass is 16.3. The number of imide groups is 1.